The van der Waals surface area contributed by atoms with Gasteiger partial charge in [-0.3, -0.25) is 9.59 Å². The van der Waals surface area contributed by atoms with Gasteiger partial charge in [-0.05, 0) is 55.0 Å². The third kappa shape index (κ3) is 3.06. The van der Waals surface area contributed by atoms with E-state index >= 15 is 0 Å². The van der Waals surface area contributed by atoms with Crippen molar-refractivity contribution in [2.75, 3.05) is 5.32 Å². The van der Waals surface area contributed by atoms with Gasteiger partial charge in [0, 0.05) is 11.3 Å². The molecule has 1 N–H and O–H groups in total. The Kier molecular flexibility index (Phi) is 3.89. The number of rotatable bonds is 3. The predicted octanol–water partition coefficient (Wildman–Crippen LogP) is 3.09. The first-order valence-electron chi connectivity index (χ1n) is 5.85. The van der Waals surface area contributed by atoms with Crippen molar-refractivity contribution in [2.24, 2.45) is 0 Å². The van der Waals surface area contributed by atoms with Crippen LogP contribution in [0, 0.1) is 18.6 Å². The molecule has 0 heterocycles. The van der Waals surface area contributed by atoms with Gasteiger partial charge in [-0.25, -0.2) is 8.78 Å². The number of ketones is 1. The van der Waals surface area contributed by atoms with Gasteiger partial charge in [0.05, 0.1) is 0 Å². The van der Waals surface area contributed by atoms with Crippen molar-refractivity contribution in [3.05, 3.63) is 65.2 Å². The Hall–Kier alpha value is -2.56. The van der Waals surface area contributed by atoms with E-state index in [1.165, 1.54) is 43.3 Å². The molecule has 0 saturated carbocycles. The molecule has 2 aromatic carbocycles. The van der Waals surface area contributed by atoms with Gasteiger partial charge in [0.2, 0.25) is 0 Å². The summed E-state index contributed by atoms with van der Waals surface area (Å²) in [6, 6.07) is 8.71. The molecule has 3 nitrogen and oxygen atoms in total. The molecule has 0 saturated heterocycles. The van der Waals surface area contributed by atoms with Crippen molar-refractivity contribution in [2.45, 2.75) is 6.92 Å². The summed E-state index contributed by atoms with van der Waals surface area (Å²) in [6.07, 6.45) is 0. The minimum atomic E-state index is -0.859. The average molecular weight is 275 g/mol. The highest BCUT2D eigenvalue weighted by Crippen LogP contribution is 2.12. The number of amides is 1. The summed E-state index contributed by atoms with van der Waals surface area (Å²) in [5.74, 6) is -2.52. The molecule has 0 spiro atoms. The summed E-state index contributed by atoms with van der Waals surface area (Å²) in [6.45, 7) is 1.50. The molecule has 0 unspecified atom stereocenters. The molecule has 0 atom stereocenters. The largest absolute Gasteiger partial charge is 0.319 e. The molecule has 0 radical (unpaired) electrons. The zero-order chi connectivity index (χ0) is 14.7. The molecule has 0 aromatic heterocycles. The van der Waals surface area contributed by atoms with Crippen LogP contribution in [-0.2, 0) is 4.79 Å². The van der Waals surface area contributed by atoms with Gasteiger partial charge in [0.25, 0.3) is 11.7 Å². The van der Waals surface area contributed by atoms with Crippen LogP contribution < -0.4 is 5.32 Å². The smallest absolute Gasteiger partial charge is 0.296 e. The van der Waals surface area contributed by atoms with Crippen LogP contribution in [0.15, 0.2) is 42.5 Å². The van der Waals surface area contributed by atoms with Gasteiger partial charge < -0.3 is 5.32 Å². The van der Waals surface area contributed by atoms with Crippen LogP contribution in [0.1, 0.15) is 15.9 Å². The van der Waals surface area contributed by atoms with Crippen LogP contribution in [0.5, 0.6) is 0 Å². The van der Waals surface area contributed by atoms with Crippen molar-refractivity contribution >= 4 is 17.4 Å². The molecule has 0 bridgehead atoms. The quantitative estimate of drug-likeness (QED) is 0.691. The number of benzene rings is 2. The lowest BCUT2D eigenvalue weighted by molar-refractivity contribution is -0.112. The summed E-state index contributed by atoms with van der Waals surface area (Å²) in [5.41, 5.74) is 0.692. The first-order valence-corrected chi connectivity index (χ1v) is 5.85. The number of anilines is 1. The Bertz CT molecular complexity index is 666. The minimum Gasteiger partial charge on any atom is -0.319 e. The summed E-state index contributed by atoms with van der Waals surface area (Å²) < 4.78 is 25.8. The molecule has 0 aliphatic carbocycles. The zero-order valence-electron chi connectivity index (χ0n) is 10.6. The van der Waals surface area contributed by atoms with E-state index in [0.717, 1.165) is 6.07 Å². The van der Waals surface area contributed by atoms with E-state index in [9.17, 15) is 18.4 Å². The van der Waals surface area contributed by atoms with Crippen LogP contribution in [0.3, 0.4) is 0 Å². The highest BCUT2D eigenvalue weighted by molar-refractivity contribution is 6.46. The summed E-state index contributed by atoms with van der Waals surface area (Å²) in [5, 5.41) is 2.35. The molecule has 0 fully saturated rings. The van der Waals surface area contributed by atoms with Crippen LogP contribution in [0.2, 0.25) is 0 Å². The Balaban J connectivity index is 2.14. The maximum Gasteiger partial charge on any atom is 0.296 e. The molecular weight excluding hydrogens is 264 g/mol. The second-order valence-electron chi connectivity index (χ2n) is 4.25. The second kappa shape index (κ2) is 5.61. The van der Waals surface area contributed by atoms with E-state index in [1.54, 1.807) is 0 Å². The van der Waals surface area contributed by atoms with Gasteiger partial charge >= 0.3 is 0 Å². The van der Waals surface area contributed by atoms with Gasteiger partial charge in [-0.15, -0.1) is 0 Å². The molecule has 1 amide bonds. The number of carbonyl (C=O) groups excluding carboxylic acids is 2. The van der Waals surface area contributed by atoms with E-state index in [4.69, 9.17) is 0 Å². The molecule has 5 heteroatoms. The monoisotopic (exact) mass is 275 g/mol. The van der Waals surface area contributed by atoms with Crippen molar-refractivity contribution in [3.63, 3.8) is 0 Å². The number of hydrogen-bond donors (Lipinski definition) is 1. The Morgan fingerprint density at radius 3 is 2.25 bits per heavy atom. The fourth-order valence-electron chi connectivity index (χ4n) is 1.64. The highest BCUT2D eigenvalue weighted by atomic mass is 19.1. The molecular formula is C15H11F2NO2. The first kappa shape index (κ1) is 13.9. The van der Waals surface area contributed by atoms with Gasteiger partial charge in [0.1, 0.15) is 11.6 Å². The Labute approximate surface area is 114 Å². The number of halogens is 2. The Morgan fingerprint density at radius 2 is 1.65 bits per heavy atom. The molecule has 2 aromatic rings. The molecule has 0 aliphatic rings. The van der Waals surface area contributed by atoms with E-state index in [0.29, 0.717) is 5.69 Å². The molecule has 0 aliphatic heterocycles. The minimum absolute atomic E-state index is 0.100. The van der Waals surface area contributed by atoms with E-state index in [1.807, 2.05) is 0 Å². The third-order valence-corrected chi connectivity index (χ3v) is 2.73. The standard InChI is InChI=1S/C15H11F2NO2/c1-9-8-10(2-7-13(9)17)14(19)15(20)18-12-5-3-11(16)4-6-12/h2-8H,1H3,(H,18,20). The predicted molar refractivity (Wildman–Crippen MR) is 70.5 cm³/mol. The average Bonchev–Trinajstić information content (AvgIpc) is 2.43. The lowest BCUT2D eigenvalue weighted by Crippen LogP contribution is -2.23. The zero-order valence-corrected chi connectivity index (χ0v) is 10.6. The van der Waals surface area contributed by atoms with Crippen LogP contribution in [0.4, 0.5) is 14.5 Å². The van der Waals surface area contributed by atoms with Crippen LogP contribution in [0.25, 0.3) is 0 Å². The number of nitrogens with one attached hydrogen (secondary N) is 1. The number of aryl methyl sites for hydroxylation is 1. The lowest BCUT2D eigenvalue weighted by atomic mass is 10.1. The van der Waals surface area contributed by atoms with E-state index in [2.05, 4.69) is 5.32 Å². The fourth-order valence-corrected chi connectivity index (χ4v) is 1.64. The van der Waals surface area contributed by atoms with Crippen LogP contribution in [-0.4, -0.2) is 11.7 Å². The van der Waals surface area contributed by atoms with Gasteiger partial charge in [-0.2, -0.15) is 0 Å². The van der Waals surface area contributed by atoms with Crippen molar-refractivity contribution in [1.29, 1.82) is 0 Å². The Morgan fingerprint density at radius 1 is 1.00 bits per heavy atom. The molecule has 20 heavy (non-hydrogen) atoms. The first-order chi connectivity index (χ1) is 9.47. The third-order valence-electron chi connectivity index (χ3n) is 2.73. The van der Waals surface area contributed by atoms with Crippen molar-refractivity contribution in [1.82, 2.24) is 0 Å². The second-order valence-corrected chi connectivity index (χ2v) is 4.25. The van der Waals surface area contributed by atoms with Crippen molar-refractivity contribution in [3.8, 4) is 0 Å². The van der Waals surface area contributed by atoms with E-state index < -0.39 is 23.3 Å². The SMILES string of the molecule is Cc1cc(C(=O)C(=O)Nc2ccc(F)cc2)ccc1F. The maximum absolute atomic E-state index is 13.1. The fraction of sp³-hybridized carbons (Fsp3) is 0.0667. The van der Waals surface area contributed by atoms with E-state index in [-0.39, 0.29) is 11.1 Å². The number of hydrogen-bond acceptors (Lipinski definition) is 2. The normalized spacial score (nSPS) is 10.2. The van der Waals surface area contributed by atoms with Gasteiger partial charge in [0.15, 0.2) is 0 Å². The summed E-state index contributed by atoms with van der Waals surface area (Å²) in [7, 11) is 0. The number of carbonyl (C=O) groups is 2. The topological polar surface area (TPSA) is 46.2 Å². The number of Topliss-reactive ketones (excluding diaryl/α,β-unsaturated/α-hetero) is 1. The molecule has 102 valence electrons. The van der Waals surface area contributed by atoms with Crippen molar-refractivity contribution < 1.29 is 18.4 Å². The maximum atomic E-state index is 13.1. The molecule has 2 rings (SSSR count). The van der Waals surface area contributed by atoms with Gasteiger partial charge in [-0.1, -0.05) is 0 Å². The summed E-state index contributed by atoms with van der Waals surface area (Å²) in [4.78, 5) is 23.6. The lowest BCUT2D eigenvalue weighted by Gasteiger charge is -2.05. The summed E-state index contributed by atoms with van der Waals surface area (Å²) >= 11 is 0. The van der Waals surface area contributed by atoms with Crippen LogP contribution >= 0.6 is 0 Å². The highest BCUT2D eigenvalue weighted by Gasteiger charge is 2.17.